The molecular formula is C14H32N6O6S. The molecule has 0 aliphatic rings. The Morgan fingerprint density at radius 3 is 1.63 bits per heavy atom. The Kier molecular flexibility index (Phi) is 19.0. The van der Waals surface area contributed by atoms with Crippen molar-refractivity contribution in [1.82, 2.24) is 5.32 Å². The Morgan fingerprint density at radius 2 is 1.44 bits per heavy atom. The zero-order chi connectivity index (χ0) is 22.2. The quantitative estimate of drug-likeness (QED) is 0.0860. The number of guanidine groups is 1. The Bertz CT molecular complexity index is 465. The molecule has 0 aliphatic carbocycles. The van der Waals surface area contributed by atoms with E-state index in [1.54, 1.807) is 13.8 Å². The van der Waals surface area contributed by atoms with Crippen LogP contribution in [0.3, 0.4) is 0 Å². The Balaban J connectivity index is -0.000000336. The van der Waals surface area contributed by atoms with Gasteiger partial charge < -0.3 is 43.6 Å². The van der Waals surface area contributed by atoms with Gasteiger partial charge in [-0.25, -0.2) is 0 Å². The van der Waals surface area contributed by atoms with Crippen LogP contribution >= 0.6 is 12.6 Å². The van der Waals surface area contributed by atoms with E-state index < -0.39 is 36.0 Å². The lowest BCUT2D eigenvalue weighted by atomic mass is 10.1. The number of thiol groups is 1. The second kappa shape index (κ2) is 17.3. The molecule has 3 atom stereocenters. The first kappa shape index (κ1) is 29.7. The summed E-state index contributed by atoms with van der Waals surface area (Å²) in [5.41, 5.74) is 20.3. The molecule has 12 nitrogen and oxygen atoms in total. The molecule has 0 amide bonds. The first-order valence-corrected chi connectivity index (χ1v) is 8.54. The summed E-state index contributed by atoms with van der Waals surface area (Å²) in [6, 6.07) is -2.35. The number of rotatable bonds is 9. The van der Waals surface area contributed by atoms with Crippen molar-refractivity contribution in [1.29, 1.82) is 5.41 Å². The van der Waals surface area contributed by atoms with E-state index in [2.05, 4.69) is 17.9 Å². The normalized spacial score (nSPS) is 13.0. The minimum atomic E-state index is -1.00. The van der Waals surface area contributed by atoms with E-state index in [4.69, 9.17) is 43.7 Å². The molecule has 13 N–H and O–H groups in total. The van der Waals surface area contributed by atoms with Gasteiger partial charge in [0.25, 0.3) is 0 Å². The summed E-state index contributed by atoms with van der Waals surface area (Å²) in [6.07, 6.45) is 0.975. The van der Waals surface area contributed by atoms with E-state index >= 15 is 0 Å². The third-order valence-corrected chi connectivity index (χ3v) is 3.24. The molecule has 0 radical (unpaired) electrons. The van der Waals surface area contributed by atoms with Crippen molar-refractivity contribution in [2.24, 2.45) is 28.9 Å². The van der Waals surface area contributed by atoms with E-state index in [-0.39, 0.29) is 17.6 Å². The van der Waals surface area contributed by atoms with Crippen molar-refractivity contribution in [3.05, 3.63) is 0 Å². The smallest absolute Gasteiger partial charge is 0.321 e. The number of nitrogens with two attached hydrogens (primary N) is 4. The van der Waals surface area contributed by atoms with Crippen LogP contribution < -0.4 is 28.3 Å². The maximum Gasteiger partial charge on any atom is 0.321 e. The average Bonchev–Trinajstić information content (AvgIpc) is 2.57. The molecule has 0 aliphatic heterocycles. The highest BCUT2D eigenvalue weighted by atomic mass is 32.1. The number of aliphatic carboxylic acids is 3. The highest BCUT2D eigenvalue weighted by Gasteiger charge is 2.14. The fraction of sp³-hybridized carbons (Fsp3) is 0.714. The van der Waals surface area contributed by atoms with Gasteiger partial charge in [0.05, 0.1) is 0 Å². The van der Waals surface area contributed by atoms with Crippen molar-refractivity contribution in [3.63, 3.8) is 0 Å². The maximum absolute atomic E-state index is 10.2. The second-order valence-electron chi connectivity index (χ2n) is 5.66. The summed E-state index contributed by atoms with van der Waals surface area (Å²) >= 11 is 3.65. The third-order valence-electron chi connectivity index (χ3n) is 2.84. The molecule has 0 saturated heterocycles. The molecule has 0 aromatic rings. The van der Waals surface area contributed by atoms with Gasteiger partial charge in [-0.05, 0) is 18.8 Å². The minimum absolute atomic E-state index is 0.0208. The molecule has 0 spiro atoms. The molecule has 160 valence electrons. The topological polar surface area (TPSA) is 252 Å². The summed E-state index contributed by atoms with van der Waals surface area (Å²) in [5, 5.41) is 33.9. The maximum atomic E-state index is 10.2. The van der Waals surface area contributed by atoms with Crippen molar-refractivity contribution in [2.75, 3.05) is 12.3 Å². The first-order chi connectivity index (χ1) is 12.3. The van der Waals surface area contributed by atoms with Crippen LogP contribution in [0.4, 0.5) is 0 Å². The molecule has 13 heteroatoms. The first-order valence-electron chi connectivity index (χ1n) is 7.91. The summed E-state index contributed by atoms with van der Waals surface area (Å²) in [6.45, 7) is 4.04. The third kappa shape index (κ3) is 21.9. The van der Waals surface area contributed by atoms with Crippen LogP contribution in [-0.2, 0) is 14.4 Å². The number of carbonyl (C=O) groups is 3. The fourth-order valence-corrected chi connectivity index (χ4v) is 1.19. The van der Waals surface area contributed by atoms with Crippen LogP contribution in [0.2, 0.25) is 0 Å². The van der Waals surface area contributed by atoms with E-state index in [0.29, 0.717) is 19.4 Å². The monoisotopic (exact) mass is 412 g/mol. The molecular weight excluding hydrogens is 380 g/mol. The highest BCUT2D eigenvalue weighted by molar-refractivity contribution is 7.80. The van der Waals surface area contributed by atoms with E-state index in [1.165, 1.54) is 0 Å². The van der Waals surface area contributed by atoms with Crippen molar-refractivity contribution < 1.29 is 29.7 Å². The van der Waals surface area contributed by atoms with Gasteiger partial charge in [0.2, 0.25) is 0 Å². The molecule has 0 saturated carbocycles. The number of carboxylic acids is 3. The van der Waals surface area contributed by atoms with Crippen LogP contribution in [0, 0.1) is 11.3 Å². The predicted molar refractivity (Wildman–Crippen MR) is 105 cm³/mol. The Hall–Kier alpha value is -2.09. The van der Waals surface area contributed by atoms with Crippen LogP contribution in [0.1, 0.15) is 26.7 Å². The molecule has 0 aromatic carbocycles. The molecule has 0 rings (SSSR count). The highest BCUT2D eigenvalue weighted by Crippen LogP contribution is 1.96. The van der Waals surface area contributed by atoms with Gasteiger partial charge in [0, 0.05) is 12.3 Å². The molecule has 0 heterocycles. The molecule has 27 heavy (non-hydrogen) atoms. The van der Waals surface area contributed by atoms with Gasteiger partial charge in [0.1, 0.15) is 18.1 Å². The second-order valence-corrected chi connectivity index (χ2v) is 6.03. The Morgan fingerprint density at radius 1 is 1.00 bits per heavy atom. The molecule has 0 fully saturated rings. The van der Waals surface area contributed by atoms with Gasteiger partial charge in [-0.3, -0.25) is 19.8 Å². The Labute approximate surface area is 163 Å². The fourth-order valence-electron chi connectivity index (χ4n) is 1.03. The van der Waals surface area contributed by atoms with Gasteiger partial charge >= 0.3 is 17.9 Å². The predicted octanol–water partition coefficient (Wildman–Crippen LogP) is -1.96. The average molecular weight is 413 g/mol. The van der Waals surface area contributed by atoms with Gasteiger partial charge in [-0.2, -0.15) is 12.6 Å². The van der Waals surface area contributed by atoms with E-state index in [9.17, 15) is 14.4 Å². The van der Waals surface area contributed by atoms with Crippen LogP contribution in [0.5, 0.6) is 0 Å². The van der Waals surface area contributed by atoms with Gasteiger partial charge in [-0.1, -0.05) is 13.8 Å². The minimum Gasteiger partial charge on any atom is -0.480 e. The van der Waals surface area contributed by atoms with Crippen molar-refractivity contribution in [2.45, 2.75) is 44.8 Å². The van der Waals surface area contributed by atoms with Crippen molar-refractivity contribution in [3.8, 4) is 0 Å². The van der Waals surface area contributed by atoms with Gasteiger partial charge in [0.15, 0.2) is 5.96 Å². The number of nitrogens with one attached hydrogen (secondary N) is 2. The molecule has 0 aromatic heterocycles. The standard InChI is InChI=1S/C6H14N4O2.C5H11NO2.C3H7NO2S/c7-4(5(11)12)2-1-3-10-6(8)9;1-3(2)4(6)5(7)8;4-2(1-7)3(5)6/h4H,1-3,7H2,(H,11,12)(H4,8,9,10);3-4H,6H2,1-2H3,(H,7,8);2,7H,1,4H2,(H,5,6). The summed E-state index contributed by atoms with van der Waals surface area (Å²) in [5.74, 6) is -2.84. The summed E-state index contributed by atoms with van der Waals surface area (Å²) < 4.78 is 0. The lowest BCUT2D eigenvalue weighted by Crippen LogP contribution is -2.34. The zero-order valence-electron chi connectivity index (χ0n) is 15.5. The van der Waals surface area contributed by atoms with Crippen LogP contribution in [0.25, 0.3) is 0 Å². The number of hydrogen-bond acceptors (Lipinski definition) is 8. The van der Waals surface area contributed by atoms with E-state index in [0.717, 1.165) is 0 Å². The molecule has 3 unspecified atom stereocenters. The number of hydrogen-bond donors (Lipinski definition) is 10. The lowest BCUT2D eigenvalue weighted by molar-refractivity contribution is -0.140. The zero-order valence-corrected chi connectivity index (χ0v) is 16.4. The molecule has 0 bridgehead atoms. The van der Waals surface area contributed by atoms with Gasteiger partial charge in [-0.15, -0.1) is 0 Å². The van der Waals surface area contributed by atoms with Crippen LogP contribution in [0.15, 0.2) is 0 Å². The number of carboxylic acid groups (broad SMARTS) is 3. The van der Waals surface area contributed by atoms with Crippen LogP contribution in [-0.4, -0.2) is 69.6 Å². The lowest BCUT2D eigenvalue weighted by Gasteiger charge is -2.07. The SMILES string of the molecule is CC(C)C(N)C(=O)O.N=C(N)NCCCC(N)C(=O)O.NC(CS)C(=O)O. The largest absolute Gasteiger partial charge is 0.480 e. The van der Waals surface area contributed by atoms with E-state index in [1.807, 2.05) is 0 Å². The summed E-state index contributed by atoms with van der Waals surface area (Å²) in [4.78, 5) is 30.0. The van der Waals surface area contributed by atoms with Crippen molar-refractivity contribution >= 4 is 36.5 Å². The summed E-state index contributed by atoms with van der Waals surface area (Å²) in [7, 11) is 0.